The van der Waals surface area contributed by atoms with Crippen LogP contribution in [-0.2, 0) is 11.2 Å². The van der Waals surface area contributed by atoms with Gasteiger partial charge in [-0.25, -0.2) is 4.39 Å². The fourth-order valence-electron chi connectivity index (χ4n) is 5.13. The van der Waals surface area contributed by atoms with E-state index in [1.165, 1.54) is 17.0 Å². The highest BCUT2D eigenvalue weighted by atomic mass is 19.1. The predicted molar refractivity (Wildman–Crippen MR) is 118 cm³/mol. The normalized spacial score (nSPS) is 19.1. The van der Waals surface area contributed by atoms with E-state index < -0.39 is 0 Å². The minimum atomic E-state index is -0.315. The molecule has 0 bridgehead atoms. The lowest BCUT2D eigenvalue weighted by atomic mass is 10.1. The van der Waals surface area contributed by atoms with Crippen LogP contribution in [0, 0.1) is 5.82 Å². The molecule has 0 spiro atoms. The van der Waals surface area contributed by atoms with Gasteiger partial charge in [0.2, 0.25) is 5.91 Å². The molecule has 1 saturated carbocycles. The van der Waals surface area contributed by atoms with Gasteiger partial charge in [0.25, 0.3) is 11.8 Å². The SMILES string of the molecule is O=C(Cc1ccc(F)cc1)N1CCN(c2cccc3c2C(=O)N(C2CCCC2)C3=O)CC1. The van der Waals surface area contributed by atoms with Crippen molar-refractivity contribution in [3.8, 4) is 0 Å². The molecule has 2 aromatic rings. The number of fused-ring (bicyclic) bond motifs is 1. The maximum atomic E-state index is 13.2. The van der Waals surface area contributed by atoms with Gasteiger partial charge < -0.3 is 9.80 Å². The van der Waals surface area contributed by atoms with Crippen molar-refractivity contribution in [1.82, 2.24) is 9.80 Å². The first-order valence-electron chi connectivity index (χ1n) is 11.3. The summed E-state index contributed by atoms with van der Waals surface area (Å²) in [6.07, 6.45) is 4.12. The lowest BCUT2D eigenvalue weighted by Gasteiger charge is -2.37. The summed E-state index contributed by atoms with van der Waals surface area (Å²) in [5.41, 5.74) is 2.58. The second kappa shape index (κ2) is 8.37. The van der Waals surface area contributed by atoms with E-state index in [2.05, 4.69) is 4.90 Å². The van der Waals surface area contributed by atoms with Gasteiger partial charge in [-0.3, -0.25) is 19.3 Å². The number of benzene rings is 2. The Morgan fingerprint density at radius 1 is 0.906 bits per heavy atom. The summed E-state index contributed by atoms with van der Waals surface area (Å²) in [6.45, 7) is 2.27. The molecule has 2 heterocycles. The largest absolute Gasteiger partial charge is 0.367 e. The highest BCUT2D eigenvalue weighted by Gasteiger charge is 2.43. The summed E-state index contributed by atoms with van der Waals surface area (Å²) in [7, 11) is 0. The quantitative estimate of drug-likeness (QED) is 0.692. The van der Waals surface area contributed by atoms with Crippen LogP contribution in [0.2, 0.25) is 0 Å². The average Bonchev–Trinajstić information content (AvgIpc) is 3.42. The van der Waals surface area contributed by atoms with Crippen LogP contribution in [-0.4, -0.2) is 59.7 Å². The first kappa shape index (κ1) is 20.7. The minimum Gasteiger partial charge on any atom is -0.367 e. The Hall–Kier alpha value is -3.22. The van der Waals surface area contributed by atoms with Gasteiger partial charge in [0, 0.05) is 32.2 Å². The van der Waals surface area contributed by atoms with Crippen molar-refractivity contribution in [2.75, 3.05) is 31.1 Å². The van der Waals surface area contributed by atoms with Gasteiger partial charge in [-0.1, -0.05) is 31.0 Å². The molecule has 1 saturated heterocycles. The highest BCUT2D eigenvalue weighted by molar-refractivity contribution is 6.24. The summed E-state index contributed by atoms with van der Waals surface area (Å²) < 4.78 is 13.1. The number of hydrogen-bond donors (Lipinski definition) is 0. The number of nitrogens with zero attached hydrogens (tertiary/aromatic N) is 3. The van der Waals surface area contributed by atoms with E-state index in [0.717, 1.165) is 36.9 Å². The number of piperazine rings is 1. The predicted octanol–water partition coefficient (Wildman–Crippen LogP) is 3.26. The maximum Gasteiger partial charge on any atom is 0.263 e. The van der Waals surface area contributed by atoms with E-state index in [0.29, 0.717) is 37.3 Å². The van der Waals surface area contributed by atoms with Gasteiger partial charge >= 0.3 is 0 Å². The fraction of sp³-hybridized carbons (Fsp3) is 0.400. The number of halogens is 1. The number of rotatable bonds is 4. The molecule has 166 valence electrons. The van der Waals surface area contributed by atoms with Gasteiger partial charge in [0.1, 0.15) is 5.82 Å². The van der Waals surface area contributed by atoms with Crippen LogP contribution in [0.5, 0.6) is 0 Å². The number of amides is 3. The lowest BCUT2D eigenvalue weighted by molar-refractivity contribution is -0.130. The second-order valence-electron chi connectivity index (χ2n) is 8.79. The Morgan fingerprint density at radius 2 is 1.59 bits per heavy atom. The molecule has 3 aliphatic rings. The van der Waals surface area contributed by atoms with Crippen molar-refractivity contribution in [3.63, 3.8) is 0 Å². The molecule has 1 aliphatic carbocycles. The van der Waals surface area contributed by atoms with E-state index in [1.807, 2.05) is 12.1 Å². The van der Waals surface area contributed by atoms with Gasteiger partial charge in [-0.2, -0.15) is 0 Å². The van der Waals surface area contributed by atoms with Gasteiger partial charge in [0.15, 0.2) is 0 Å². The van der Waals surface area contributed by atoms with E-state index >= 15 is 0 Å². The van der Waals surface area contributed by atoms with Crippen LogP contribution in [0.4, 0.5) is 10.1 Å². The molecule has 2 aromatic carbocycles. The zero-order valence-electron chi connectivity index (χ0n) is 17.9. The summed E-state index contributed by atoms with van der Waals surface area (Å²) in [5.74, 6) is -0.660. The molecule has 0 aromatic heterocycles. The van der Waals surface area contributed by atoms with Gasteiger partial charge in [-0.15, -0.1) is 0 Å². The van der Waals surface area contributed by atoms with E-state index in [-0.39, 0.29) is 36.0 Å². The van der Waals surface area contributed by atoms with Crippen molar-refractivity contribution in [3.05, 3.63) is 65.0 Å². The number of anilines is 1. The molecule has 2 aliphatic heterocycles. The molecule has 7 heteroatoms. The third-order valence-electron chi connectivity index (χ3n) is 6.86. The molecular weight excluding hydrogens is 409 g/mol. The monoisotopic (exact) mass is 435 g/mol. The van der Waals surface area contributed by atoms with Gasteiger partial charge in [-0.05, 0) is 42.7 Å². The first-order valence-corrected chi connectivity index (χ1v) is 11.3. The third-order valence-corrected chi connectivity index (χ3v) is 6.86. The fourth-order valence-corrected chi connectivity index (χ4v) is 5.13. The molecule has 5 rings (SSSR count). The standard InChI is InChI=1S/C25H26FN3O3/c26-18-10-8-17(9-11-18)16-22(30)28-14-12-27(13-15-28)21-7-3-6-20-23(21)25(32)29(24(20)31)19-4-1-2-5-19/h3,6-11,19H,1-2,4-5,12-16H2. The summed E-state index contributed by atoms with van der Waals surface area (Å²) in [4.78, 5) is 44.3. The summed E-state index contributed by atoms with van der Waals surface area (Å²) >= 11 is 0. The van der Waals surface area contributed by atoms with Crippen molar-refractivity contribution < 1.29 is 18.8 Å². The second-order valence-corrected chi connectivity index (χ2v) is 8.79. The molecule has 6 nitrogen and oxygen atoms in total. The smallest absolute Gasteiger partial charge is 0.263 e. The number of imide groups is 1. The summed E-state index contributed by atoms with van der Waals surface area (Å²) in [5, 5.41) is 0. The van der Waals surface area contributed by atoms with Crippen LogP contribution in [0.15, 0.2) is 42.5 Å². The van der Waals surface area contributed by atoms with Crippen LogP contribution in [0.25, 0.3) is 0 Å². The van der Waals surface area contributed by atoms with E-state index in [1.54, 1.807) is 23.1 Å². The Bertz CT molecular complexity index is 1050. The molecule has 0 atom stereocenters. The summed E-state index contributed by atoms with van der Waals surface area (Å²) in [6, 6.07) is 11.5. The molecule has 0 N–H and O–H groups in total. The van der Waals surface area contributed by atoms with Crippen LogP contribution >= 0.6 is 0 Å². The first-order chi connectivity index (χ1) is 15.5. The van der Waals surface area contributed by atoms with Crippen molar-refractivity contribution >= 4 is 23.4 Å². The zero-order valence-corrected chi connectivity index (χ0v) is 17.9. The molecule has 0 radical (unpaired) electrons. The molecule has 0 unspecified atom stereocenters. The van der Waals surface area contributed by atoms with Crippen molar-refractivity contribution in [1.29, 1.82) is 0 Å². The van der Waals surface area contributed by atoms with Gasteiger partial charge in [0.05, 0.1) is 23.2 Å². The Kier molecular flexibility index (Phi) is 5.41. The molecule has 32 heavy (non-hydrogen) atoms. The van der Waals surface area contributed by atoms with Crippen LogP contribution in [0.1, 0.15) is 52.0 Å². The number of carbonyl (C=O) groups excluding carboxylic acids is 3. The Balaban J connectivity index is 1.28. The molecular formula is C25H26FN3O3. The van der Waals surface area contributed by atoms with Crippen molar-refractivity contribution in [2.45, 2.75) is 38.1 Å². The highest BCUT2D eigenvalue weighted by Crippen LogP contribution is 2.36. The Labute approximate surface area is 186 Å². The molecule has 2 fully saturated rings. The van der Waals surface area contributed by atoms with E-state index in [9.17, 15) is 18.8 Å². The topological polar surface area (TPSA) is 60.9 Å². The third kappa shape index (κ3) is 3.66. The van der Waals surface area contributed by atoms with E-state index in [4.69, 9.17) is 0 Å². The number of carbonyl (C=O) groups is 3. The molecule has 3 amide bonds. The zero-order chi connectivity index (χ0) is 22.2. The lowest BCUT2D eigenvalue weighted by Crippen LogP contribution is -2.49. The van der Waals surface area contributed by atoms with Crippen LogP contribution in [0.3, 0.4) is 0 Å². The number of hydrogen-bond acceptors (Lipinski definition) is 4. The van der Waals surface area contributed by atoms with Crippen molar-refractivity contribution in [2.24, 2.45) is 0 Å². The van der Waals surface area contributed by atoms with Crippen LogP contribution < -0.4 is 4.90 Å². The Morgan fingerprint density at radius 3 is 2.28 bits per heavy atom. The minimum absolute atomic E-state index is 0.00760. The average molecular weight is 435 g/mol. The maximum absolute atomic E-state index is 13.2.